The van der Waals surface area contributed by atoms with Gasteiger partial charge in [-0.2, -0.15) is 0 Å². The van der Waals surface area contributed by atoms with E-state index >= 15 is 0 Å². The van der Waals surface area contributed by atoms with E-state index in [1.54, 1.807) is 0 Å². The van der Waals surface area contributed by atoms with E-state index in [1.807, 2.05) is 0 Å². The molecule has 0 spiro atoms. The zero-order valence-electron chi connectivity index (χ0n) is 1.83. The minimum Gasteiger partial charge on any atom is -0.114 e. The second kappa shape index (κ2) is 19.3. The summed E-state index contributed by atoms with van der Waals surface area (Å²) in [6.07, 6.45) is 0. The summed E-state index contributed by atoms with van der Waals surface area (Å²) in [5.74, 6) is 0. The molecule has 0 aliphatic heterocycles. The third-order valence-electron chi connectivity index (χ3n) is 0. The molecule has 0 aliphatic rings. The van der Waals surface area contributed by atoms with Crippen LogP contribution in [0.3, 0.4) is 0 Å². The summed E-state index contributed by atoms with van der Waals surface area (Å²) in [6.45, 7) is 0. The molecule has 0 fully saturated rings. The maximum atomic E-state index is 0. The Bertz CT molecular complexity index is 8.00. The number of halogens is 1. The predicted molar refractivity (Wildman–Crippen MR) is 10.3 cm³/mol. The molecule has 0 bridgehead atoms. The van der Waals surface area contributed by atoms with Crippen LogP contribution in [0.1, 0.15) is 0 Å². The van der Waals surface area contributed by atoms with E-state index in [1.165, 1.54) is 0 Å². The van der Waals surface area contributed by atoms with Crippen LogP contribution in [0.25, 0.3) is 0 Å². The van der Waals surface area contributed by atoms with Gasteiger partial charge in [-0.3, -0.25) is 0 Å². The topological polar surface area (TPSA) is 0 Å². The van der Waals surface area contributed by atoms with Crippen LogP contribution in [0.2, 0.25) is 0 Å². The van der Waals surface area contributed by atoms with E-state index in [0.29, 0.717) is 0 Å². The fourth-order valence-corrected chi connectivity index (χ4v) is 0. The molecule has 4 heteroatoms. The summed E-state index contributed by atoms with van der Waals surface area (Å²) < 4.78 is 0. The van der Waals surface area contributed by atoms with Gasteiger partial charge in [0, 0.05) is 53.3 Å². The Labute approximate surface area is 69.7 Å². The van der Waals surface area contributed by atoms with Crippen molar-refractivity contribution in [1.29, 1.82) is 0 Å². The summed E-state index contributed by atoms with van der Waals surface area (Å²) in [5.41, 5.74) is 0. The first-order valence-electron chi connectivity index (χ1n) is 0. The van der Waals surface area contributed by atoms with E-state index in [-0.39, 0.29) is 70.3 Å². The van der Waals surface area contributed by atoms with Crippen molar-refractivity contribution in [1.82, 2.24) is 0 Å². The molecule has 0 aromatic heterocycles. The Balaban J connectivity index is 0. The Morgan fingerprint density at radius 2 is 1.00 bits per heavy atom. The van der Waals surface area contributed by atoms with Crippen molar-refractivity contribution in [3.8, 4) is 0 Å². The first kappa shape index (κ1) is 35.6. The average molecular weight is 260 g/mol. The molecule has 0 unspecified atom stereocenters. The van der Waals surface area contributed by atoms with Gasteiger partial charge >= 0.3 is 0 Å². The molecular formula is HBrCoMnZn. The van der Waals surface area contributed by atoms with Crippen molar-refractivity contribution in [3.05, 3.63) is 0 Å². The van der Waals surface area contributed by atoms with Crippen LogP contribution in [-0.4, -0.2) is 0 Å². The van der Waals surface area contributed by atoms with Crippen molar-refractivity contribution in [2.24, 2.45) is 0 Å². The van der Waals surface area contributed by atoms with Gasteiger partial charge in [-0.1, -0.05) is 0 Å². The van der Waals surface area contributed by atoms with Crippen molar-refractivity contribution in [2.75, 3.05) is 0 Å². The van der Waals surface area contributed by atoms with Crippen molar-refractivity contribution < 1.29 is 53.3 Å². The molecule has 0 aromatic rings. The molecule has 0 aromatic carbocycles. The van der Waals surface area contributed by atoms with Crippen LogP contribution in [0, 0.1) is 0 Å². The molecular weight excluding hydrogens is 259 g/mol. The molecule has 0 heterocycles. The maximum Gasteiger partial charge on any atom is 0 e. The molecule has 0 aliphatic carbocycles. The predicted octanol–water partition coefficient (Wildman–Crippen LogP) is 0.570. The Morgan fingerprint density at radius 3 is 1.00 bits per heavy atom. The molecule has 0 saturated carbocycles. The summed E-state index contributed by atoms with van der Waals surface area (Å²) in [7, 11) is 0. The van der Waals surface area contributed by atoms with E-state index in [0.717, 1.165) is 0 Å². The zero-order chi connectivity index (χ0) is 0. The molecule has 0 atom stereocenters. The molecule has 0 amide bonds. The van der Waals surface area contributed by atoms with Crippen LogP contribution in [-0.2, 0) is 53.3 Å². The van der Waals surface area contributed by atoms with Crippen molar-refractivity contribution >= 4 is 17.0 Å². The van der Waals surface area contributed by atoms with E-state index < -0.39 is 0 Å². The van der Waals surface area contributed by atoms with Crippen LogP contribution in [0.5, 0.6) is 0 Å². The van der Waals surface area contributed by atoms with Crippen LogP contribution < -0.4 is 0 Å². The monoisotopic (exact) mass is 258 g/mol. The number of rotatable bonds is 0. The van der Waals surface area contributed by atoms with E-state index in [4.69, 9.17) is 0 Å². The second-order valence-electron chi connectivity index (χ2n) is 0. The van der Waals surface area contributed by atoms with Gasteiger partial charge in [-0.15, -0.1) is 17.0 Å². The fourth-order valence-electron chi connectivity index (χ4n) is 0. The van der Waals surface area contributed by atoms with Gasteiger partial charge in [0.05, 0.1) is 0 Å². The molecule has 0 N–H and O–H groups in total. The van der Waals surface area contributed by atoms with Gasteiger partial charge in [0.1, 0.15) is 0 Å². The van der Waals surface area contributed by atoms with Gasteiger partial charge in [0.15, 0.2) is 0 Å². The minimum atomic E-state index is 0. The maximum absolute atomic E-state index is 0. The van der Waals surface area contributed by atoms with E-state index in [9.17, 15) is 0 Å². The quantitative estimate of drug-likeness (QED) is 0.559. The van der Waals surface area contributed by atoms with Gasteiger partial charge < -0.3 is 0 Å². The summed E-state index contributed by atoms with van der Waals surface area (Å²) in [5, 5.41) is 0. The Hall–Kier alpha value is 2.13. The third kappa shape index (κ3) is 8.92. The summed E-state index contributed by atoms with van der Waals surface area (Å²) >= 11 is 0. The van der Waals surface area contributed by atoms with Crippen LogP contribution in [0.4, 0.5) is 0 Å². The van der Waals surface area contributed by atoms with Gasteiger partial charge in [-0.05, 0) is 0 Å². The number of hydrogen-bond donors (Lipinski definition) is 0. The molecule has 2 radical (unpaired) electrons. The smallest absolute Gasteiger partial charge is 0 e. The molecule has 26 valence electrons. The van der Waals surface area contributed by atoms with Gasteiger partial charge in [0.2, 0.25) is 0 Å². The van der Waals surface area contributed by atoms with Gasteiger partial charge in [0.25, 0.3) is 0 Å². The van der Waals surface area contributed by atoms with Crippen molar-refractivity contribution in [2.45, 2.75) is 0 Å². The average Bonchev–Trinajstić information content (AvgIpc) is 0. The molecule has 4 heavy (non-hydrogen) atoms. The minimum absolute atomic E-state index is 0. The molecule has 0 rings (SSSR count). The van der Waals surface area contributed by atoms with Crippen LogP contribution in [0.15, 0.2) is 0 Å². The third-order valence-corrected chi connectivity index (χ3v) is 0. The number of hydrogen-bond acceptors (Lipinski definition) is 0. The van der Waals surface area contributed by atoms with E-state index in [2.05, 4.69) is 0 Å². The second-order valence-corrected chi connectivity index (χ2v) is 0. The molecule has 0 saturated heterocycles. The zero-order valence-corrected chi connectivity index (χ0v) is 8.73. The summed E-state index contributed by atoms with van der Waals surface area (Å²) in [6, 6.07) is 0. The standard InChI is InChI=1S/BrH.Co.Mn.Zn/h1H;;;. The Morgan fingerprint density at radius 1 is 1.00 bits per heavy atom. The molecule has 0 nitrogen and oxygen atoms in total. The first-order chi connectivity index (χ1) is 0. The first-order valence-corrected chi connectivity index (χ1v) is 0. The summed E-state index contributed by atoms with van der Waals surface area (Å²) in [4.78, 5) is 0. The van der Waals surface area contributed by atoms with Crippen molar-refractivity contribution in [3.63, 3.8) is 0 Å². The normalized spacial score (nSPS) is 0. The van der Waals surface area contributed by atoms with Crippen LogP contribution >= 0.6 is 17.0 Å². The SMILES string of the molecule is Br.[Co].[Mn].[Zn]. The fraction of sp³-hybridized carbons (Fsp3) is 0. The largest absolute Gasteiger partial charge is 0.114 e. The van der Waals surface area contributed by atoms with Gasteiger partial charge in [-0.25, -0.2) is 0 Å². The Kier molecular flexibility index (Phi) is 172.